The number of hydrogen-bond donors (Lipinski definition) is 3. The zero-order chi connectivity index (χ0) is 18.6. The van der Waals surface area contributed by atoms with E-state index in [0.29, 0.717) is 5.69 Å². The second-order valence-corrected chi connectivity index (χ2v) is 6.63. The van der Waals surface area contributed by atoms with Gasteiger partial charge in [-0.3, -0.25) is 0 Å². The molecule has 1 aromatic carbocycles. The van der Waals surface area contributed by atoms with E-state index in [4.69, 9.17) is 4.74 Å². The maximum absolute atomic E-state index is 11.9. The minimum Gasteiger partial charge on any atom is -0.508 e. The Kier molecular flexibility index (Phi) is 5.36. The molecule has 7 nitrogen and oxygen atoms in total. The summed E-state index contributed by atoms with van der Waals surface area (Å²) in [6, 6.07) is 8.97. The number of phenolic OH excluding ortho intramolecular Hbond substituents is 1. The Balaban J connectivity index is 2.16. The Morgan fingerprint density at radius 2 is 1.84 bits per heavy atom. The van der Waals surface area contributed by atoms with Crippen LogP contribution in [0.3, 0.4) is 0 Å². The maximum Gasteiger partial charge on any atom is 0.408 e. The first-order valence-electron chi connectivity index (χ1n) is 7.83. The highest BCUT2D eigenvalue weighted by atomic mass is 16.6. The molecule has 1 aromatic heterocycles. The molecule has 2 aromatic rings. The number of phenols is 1. The van der Waals surface area contributed by atoms with Crippen molar-refractivity contribution < 1.29 is 24.5 Å². The summed E-state index contributed by atoms with van der Waals surface area (Å²) in [7, 11) is 0. The van der Waals surface area contributed by atoms with Gasteiger partial charge in [0.05, 0.1) is 0 Å². The summed E-state index contributed by atoms with van der Waals surface area (Å²) in [6.45, 7) is 5.12. The molecule has 0 saturated heterocycles. The summed E-state index contributed by atoms with van der Waals surface area (Å²) < 4.78 is 6.92. The third kappa shape index (κ3) is 5.27. The quantitative estimate of drug-likeness (QED) is 0.773. The first-order chi connectivity index (χ1) is 11.7. The molecule has 1 atom stereocenters. The molecule has 2 rings (SSSR count). The number of carbonyl (C=O) groups is 2. The fourth-order valence-corrected chi connectivity index (χ4v) is 2.31. The number of nitrogens with one attached hydrogen (secondary N) is 1. The van der Waals surface area contributed by atoms with E-state index in [1.165, 1.54) is 0 Å². The lowest BCUT2D eigenvalue weighted by Gasteiger charge is -2.22. The molecule has 1 unspecified atom stereocenters. The molecule has 1 amide bonds. The Bertz CT molecular complexity index is 744. The van der Waals surface area contributed by atoms with E-state index < -0.39 is 23.7 Å². The van der Waals surface area contributed by atoms with Gasteiger partial charge in [0.25, 0.3) is 0 Å². The van der Waals surface area contributed by atoms with Gasteiger partial charge in [0.1, 0.15) is 17.4 Å². The van der Waals surface area contributed by atoms with Gasteiger partial charge in [-0.05, 0) is 57.2 Å². The van der Waals surface area contributed by atoms with E-state index in [-0.39, 0.29) is 12.2 Å². The highest BCUT2D eigenvalue weighted by molar-refractivity contribution is 5.80. The summed E-state index contributed by atoms with van der Waals surface area (Å²) in [6.07, 6.45) is 1.10. The smallest absolute Gasteiger partial charge is 0.408 e. The highest BCUT2D eigenvalue weighted by Crippen LogP contribution is 2.18. The van der Waals surface area contributed by atoms with Crippen LogP contribution in [0.25, 0.3) is 5.69 Å². The molecule has 0 spiro atoms. The fourth-order valence-electron chi connectivity index (χ4n) is 2.31. The van der Waals surface area contributed by atoms with Crippen molar-refractivity contribution in [2.24, 2.45) is 0 Å². The molecular formula is C18H22N2O5. The van der Waals surface area contributed by atoms with Crippen LogP contribution in [-0.4, -0.2) is 38.5 Å². The lowest BCUT2D eigenvalue weighted by atomic mass is 10.1. The second kappa shape index (κ2) is 7.29. The zero-order valence-electron chi connectivity index (χ0n) is 14.4. The van der Waals surface area contributed by atoms with Gasteiger partial charge in [0, 0.05) is 24.0 Å². The van der Waals surface area contributed by atoms with Crippen LogP contribution in [0.15, 0.2) is 42.6 Å². The number of carboxylic acids is 1. The van der Waals surface area contributed by atoms with E-state index in [1.54, 1.807) is 67.9 Å². The van der Waals surface area contributed by atoms with E-state index in [1.807, 2.05) is 0 Å². The van der Waals surface area contributed by atoms with Gasteiger partial charge in [-0.15, -0.1) is 0 Å². The number of benzene rings is 1. The van der Waals surface area contributed by atoms with Gasteiger partial charge in [0.2, 0.25) is 0 Å². The molecule has 0 bridgehead atoms. The van der Waals surface area contributed by atoms with E-state index in [9.17, 15) is 19.8 Å². The van der Waals surface area contributed by atoms with Gasteiger partial charge < -0.3 is 24.8 Å². The van der Waals surface area contributed by atoms with Crippen LogP contribution in [0.5, 0.6) is 5.75 Å². The predicted octanol–water partition coefficient (Wildman–Crippen LogP) is 2.70. The van der Waals surface area contributed by atoms with Gasteiger partial charge >= 0.3 is 12.1 Å². The molecule has 3 N–H and O–H groups in total. The number of carbonyl (C=O) groups excluding carboxylic acids is 1. The molecule has 0 radical (unpaired) electrons. The van der Waals surface area contributed by atoms with Crippen molar-refractivity contribution in [3.05, 3.63) is 48.3 Å². The van der Waals surface area contributed by atoms with E-state index in [2.05, 4.69) is 5.32 Å². The molecule has 0 aliphatic heterocycles. The number of rotatable bonds is 5. The number of aromatic nitrogens is 1. The normalized spacial score (nSPS) is 12.4. The molecule has 134 valence electrons. The molecular weight excluding hydrogens is 324 g/mol. The number of amides is 1. The Hall–Kier alpha value is -2.96. The highest BCUT2D eigenvalue weighted by Gasteiger charge is 2.25. The number of alkyl carbamates (subject to hydrolysis) is 1. The van der Waals surface area contributed by atoms with Crippen LogP contribution < -0.4 is 5.32 Å². The monoisotopic (exact) mass is 346 g/mol. The Morgan fingerprint density at radius 3 is 2.40 bits per heavy atom. The minimum absolute atomic E-state index is 0.0858. The van der Waals surface area contributed by atoms with Crippen molar-refractivity contribution in [2.45, 2.75) is 38.8 Å². The minimum atomic E-state index is -1.15. The molecule has 7 heteroatoms. The number of hydrogen-bond acceptors (Lipinski definition) is 4. The molecule has 1 heterocycles. The largest absolute Gasteiger partial charge is 0.508 e. The molecule has 0 saturated carbocycles. The van der Waals surface area contributed by atoms with Crippen molar-refractivity contribution in [3.8, 4) is 11.4 Å². The SMILES string of the molecule is CC(C)(C)OC(=O)NC(Cc1cccn1-c1ccc(O)cc1)C(=O)O. The lowest BCUT2D eigenvalue weighted by molar-refractivity contribution is -0.139. The van der Waals surface area contributed by atoms with E-state index in [0.717, 1.165) is 5.69 Å². The average molecular weight is 346 g/mol. The Labute approximate surface area is 145 Å². The number of aromatic hydroxyl groups is 1. The summed E-state index contributed by atoms with van der Waals surface area (Å²) in [5, 5.41) is 21.2. The molecule has 0 aliphatic rings. The van der Waals surface area contributed by atoms with Crippen molar-refractivity contribution in [1.29, 1.82) is 0 Å². The number of ether oxygens (including phenoxy) is 1. The summed E-state index contributed by atoms with van der Waals surface area (Å²) in [5.41, 5.74) is 0.771. The van der Waals surface area contributed by atoms with Crippen LogP contribution in [-0.2, 0) is 16.0 Å². The van der Waals surface area contributed by atoms with Gasteiger partial charge in [-0.25, -0.2) is 9.59 Å². The standard InChI is InChI=1S/C18H22N2O5/c1-18(2,3)25-17(24)19-15(16(22)23)11-13-5-4-10-20(13)12-6-8-14(21)9-7-12/h4-10,15,21H,11H2,1-3H3,(H,19,24)(H,22,23). The lowest BCUT2D eigenvalue weighted by Crippen LogP contribution is -2.44. The van der Waals surface area contributed by atoms with Crippen molar-refractivity contribution in [3.63, 3.8) is 0 Å². The zero-order valence-corrected chi connectivity index (χ0v) is 14.4. The van der Waals surface area contributed by atoms with Gasteiger partial charge in [-0.2, -0.15) is 0 Å². The van der Waals surface area contributed by atoms with Crippen LogP contribution >= 0.6 is 0 Å². The van der Waals surface area contributed by atoms with Crippen LogP contribution in [0, 0.1) is 0 Å². The average Bonchev–Trinajstić information content (AvgIpc) is 2.93. The summed E-state index contributed by atoms with van der Waals surface area (Å²) in [4.78, 5) is 23.4. The topological polar surface area (TPSA) is 101 Å². The molecule has 0 fully saturated rings. The number of nitrogens with zero attached hydrogens (tertiary/aromatic N) is 1. The summed E-state index contributed by atoms with van der Waals surface area (Å²) in [5.74, 6) is -1.00. The molecule has 25 heavy (non-hydrogen) atoms. The van der Waals surface area contributed by atoms with E-state index >= 15 is 0 Å². The van der Waals surface area contributed by atoms with Gasteiger partial charge in [0.15, 0.2) is 0 Å². The predicted molar refractivity (Wildman–Crippen MR) is 91.9 cm³/mol. The van der Waals surface area contributed by atoms with Crippen LogP contribution in [0.4, 0.5) is 4.79 Å². The van der Waals surface area contributed by atoms with Crippen LogP contribution in [0.1, 0.15) is 26.5 Å². The second-order valence-electron chi connectivity index (χ2n) is 6.63. The van der Waals surface area contributed by atoms with Crippen molar-refractivity contribution in [2.75, 3.05) is 0 Å². The van der Waals surface area contributed by atoms with Crippen LogP contribution in [0.2, 0.25) is 0 Å². The first-order valence-corrected chi connectivity index (χ1v) is 7.83. The fraction of sp³-hybridized carbons (Fsp3) is 0.333. The Morgan fingerprint density at radius 1 is 1.20 bits per heavy atom. The summed E-state index contributed by atoms with van der Waals surface area (Å²) >= 11 is 0. The third-order valence-electron chi connectivity index (χ3n) is 3.36. The maximum atomic E-state index is 11.9. The molecule has 0 aliphatic carbocycles. The number of aliphatic carboxylic acids is 1. The van der Waals surface area contributed by atoms with Gasteiger partial charge in [-0.1, -0.05) is 0 Å². The van der Waals surface area contributed by atoms with Crippen molar-refractivity contribution >= 4 is 12.1 Å². The first kappa shape index (κ1) is 18.4. The number of carboxylic acid groups (broad SMARTS) is 1. The third-order valence-corrected chi connectivity index (χ3v) is 3.36. The van der Waals surface area contributed by atoms with Crippen molar-refractivity contribution in [1.82, 2.24) is 9.88 Å².